The number of rotatable bonds is 4. The van der Waals surface area contributed by atoms with Crippen LogP contribution in [0.2, 0.25) is 0 Å². The first-order valence-corrected chi connectivity index (χ1v) is 6.63. The van der Waals surface area contributed by atoms with E-state index in [0.717, 1.165) is 29.9 Å². The summed E-state index contributed by atoms with van der Waals surface area (Å²) in [5.74, 6) is 0. The summed E-state index contributed by atoms with van der Waals surface area (Å²) in [7, 11) is 0. The van der Waals surface area contributed by atoms with Gasteiger partial charge in [-0.3, -0.25) is 4.68 Å². The molecule has 1 saturated heterocycles. The molecule has 104 valence electrons. The molecule has 6 heteroatoms. The summed E-state index contributed by atoms with van der Waals surface area (Å²) in [5, 5.41) is 7.11. The quantitative estimate of drug-likeness (QED) is 0.819. The van der Waals surface area contributed by atoms with Crippen LogP contribution in [0.5, 0.6) is 0 Å². The van der Waals surface area contributed by atoms with Crippen LogP contribution in [0.1, 0.15) is 0 Å². The van der Waals surface area contributed by atoms with E-state index in [9.17, 15) is 4.79 Å². The van der Waals surface area contributed by atoms with Crippen LogP contribution in [0, 0.1) is 0 Å². The minimum atomic E-state index is 0.00760. The molecular weight excluding hydrogens is 254 g/mol. The lowest BCUT2D eigenvalue weighted by Crippen LogP contribution is -2.31. The van der Waals surface area contributed by atoms with Gasteiger partial charge in [-0.1, -0.05) is 12.1 Å². The highest BCUT2D eigenvalue weighted by atomic mass is 16.2. The molecule has 0 atom stereocenters. The van der Waals surface area contributed by atoms with E-state index >= 15 is 0 Å². The fraction of sp³-hybridized carbons (Fsp3) is 0.286. The Labute approximate surface area is 117 Å². The fourth-order valence-electron chi connectivity index (χ4n) is 2.30. The van der Waals surface area contributed by atoms with Crippen molar-refractivity contribution in [1.82, 2.24) is 20.0 Å². The molecule has 3 rings (SSSR count). The lowest BCUT2D eigenvalue weighted by molar-refractivity contribution is 0.215. The zero-order valence-electron chi connectivity index (χ0n) is 11.1. The number of amides is 2. The van der Waals surface area contributed by atoms with Gasteiger partial charge in [-0.2, -0.15) is 5.10 Å². The number of nitrogen functional groups attached to an aromatic ring is 1. The van der Waals surface area contributed by atoms with E-state index in [-0.39, 0.29) is 6.03 Å². The molecule has 0 saturated carbocycles. The van der Waals surface area contributed by atoms with Gasteiger partial charge >= 0.3 is 6.03 Å². The number of nitrogens with one attached hydrogen (secondary N) is 1. The van der Waals surface area contributed by atoms with Gasteiger partial charge in [-0.25, -0.2) is 4.79 Å². The molecule has 0 unspecified atom stereocenters. The predicted molar refractivity (Wildman–Crippen MR) is 77.0 cm³/mol. The first-order chi connectivity index (χ1) is 9.72. The topological polar surface area (TPSA) is 76.2 Å². The van der Waals surface area contributed by atoms with Crippen LogP contribution in [0.4, 0.5) is 10.5 Å². The second-order valence-electron chi connectivity index (χ2n) is 4.84. The molecule has 0 bridgehead atoms. The van der Waals surface area contributed by atoms with Gasteiger partial charge in [0.25, 0.3) is 0 Å². The van der Waals surface area contributed by atoms with E-state index in [1.54, 1.807) is 4.90 Å². The van der Waals surface area contributed by atoms with Gasteiger partial charge in [-0.05, 0) is 17.7 Å². The first kappa shape index (κ1) is 12.5. The Morgan fingerprint density at radius 1 is 1.30 bits per heavy atom. The normalized spacial score (nSPS) is 14.6. The number of nitrogens with zero attached hydrogens (tertiary/aromatic N) is 3. The molecular formula is C14H17N5O. The van der Waals surface area contributed by atoms with Crippen molar-refractivity contribution < 1.29 is 4.79 Å². The third-order valence-corrected chi connectivity index (χ3v) is 3.40. The highest BCUT2D eigenvalue weighted by Crippen LogP contribution is 2.20. The molecule has 0 spiro atoms. The Morgan fingerprint density at radius 3 is 2.95 bits per heavy atom. The lowest BCUT2D eigenvalue weighted by Gasteiger charge is -2.13. The van der Waals surface area contributed by atoms with Crippen molar-refractivity contribution in [1.29, 1.82) is 0 Å². The fourth-order valence-corrected chi connectivity index (χ4v) is 2.30. The Balaban J connectivity index is 1.66. The number of nitrogens with two attached hydrogens (primary N) is 1. The van der Waals surface area contributed by atoms with E-state index in [1.807, 2.05) is 41.3 Å². The molecule has 6 nitrogen and oxygen atoms in total. The number of aromatic nitrogens is 2. The van der Waals surface area contributed by atoms with E-state index in [1.165, 1.54) is 0 Å². The number of benzene rings is 1. The smallest absolute Gasteiger partial charge is 0.317 e. The molecule has 1 fully saturated rings. The zero-order valence-corrected chi connectivity index (χ0v) is 11.1. The lowest BCUT2D eigenvalue weighted by atomic mass is 10.1. The van der Waals surface area contributed by atoms with Crippen LogP contribution in [0.25, 0.3) is 11.1 Å². The van der Waals surface area contributed by atoms with E-state index in [2.05, 4.69) is 10.4 Å². The van der Waals surface area contributed by atoms with Crippen molar-refractivity contribution in [2.24, 2.45) is 0 Å². The summed E-state index contributed by atoms with van der Waals surface area (Å²) < 4.78 is 1.85. The molecule has 3 N–H and O–H groups in total. The molecule has 1 aromatic carbocycles. The Kier molecular flexibility index (Phi) is 3.28. The predicted octanol–water partition coefficient (Wildman–Crippen LogP) is 1.16. The van der Waals surface area contributed by atoms with Gasteiger partial charge < -0.3 is 16.0 Å². The van der Waals surface area contributed by atoms with Crippen molar-refractivity contribution in [3.8, 4) is 11.1 Å². The second kappa shape index (κ2) is 5.24. The summed E-state index contributed by atoms with van der Waals surface area (Å²) >= 11 is 0. The van der Waals surface area contributed by atoms with Crippen molar-refractivity contribution in [3.05, 3.63) is 36.7 Å². The first-order valence-electron chi connectivity index (χ1n) is 6.63. The van der Waals surface area contributed by atoms with Crippen molar-refractivity contribution in [3.63, 3.8) is 0 Å². The third-order valence-electron chi connectivity index (χ3n) is 3.40. The highest BCUT2D eigenvalue weighted by Gasteiger charge is 2.18. The minimum Gasteiger partial charge on any atom is -0.399 e. The molecule has 0 aliphatic carbocycles. The zero-order chi connectivity index (χ0) is 13.9. The van der Waals surface area contributed by atoms with Gasteiger partial charge in [0.2, 0.25) is 0 Å². The molecule has 1 aliphatic rings. The standard InChI is InChI=1S/C14H17N5O/c15-13-3-1-2-11(8-13)12-9-17-19(10-12)7-6-18-5-4-16-14(18)20/h1-3,8-10H,4-7,15H2,(H,16,20). The molecule has 1 aromatic heterocycles. The minimum absolute atomic E-state index is 0.00760. The van der Waals surface area contributed by atoms with Crippen LogP contribution in [-0.2, 0) is 6.54 Å². The van der Waals surface area contributed by atoms with Gasteiger partial charge in [-0.15, -0.1) is 0 Å². The second-order valence-corrected chi connectivity index (χ2v) is 4.84. The van der Waals surface area contributed by atoms with Crippen LogP contribution >= 0.6 is 0 Å². The maximum atomic E-state index is 11.4. The van der Waals surface area contributed by atoms with E-state index in [4.69, 9.17) is 5.73 Å². The van der Waals surface area contributed by atoms with Crippen molar-refractivity contribution >= 4 is 11.7 Å². The van der Waals surface area contributed by atoms with Crippen LogP contribution < -0.4 is 11.1 Å². The largest absolute Gasteiger partial charge is 0.399 e. The number of carbonyl (C=O) groups is 1. The summed E-state index contributed by atoms with van der Waals surface area (Å²) in [6.07, 6.45) is 3.79. The monoisotopic (exact) mass is 271 g/mol. The summed E-state index contributed by atoms with van der Waals surface area (Å²) in [6.45, 7) is 2.86. The van der Waals surface area contributed by atoms with E-state index < -0.39 is 0 Å². The average Bonchev–Trinajstić information content (AvgIpc) is 3.05. The number of hydrogen-bond donors (Lipinski definition) is 2. The maximum Gasteiger partial charge on any atom is 0.317 e. The van der Waals surface area contributed by atoms with Crippen molar-refractivity contribution in [2.75, 3.05) is 25.4 Å². The average molecular weight is 271 g/mol. The van der Waals surface area contributed by atoms with Crippen LogP contribution in [-0.4, -0.2) is 40.3 Å². The summed E-state index contributed by atoms with van der Waals surface area (Å²) in [6, 6.07) is 7.73. The molecule has 20 heavy (non-hydrogen) atoms. The Morgan fingerprint density at radius 2 is 2.20 bits per heavy atom. The van der Waals surface area contributed by atoms with Crippen molar-refractivity contribution in [2.45, 2.75) is 6.54 Å². The van der Waals surface area contributed by atoms with Gasteiger partial charge in [0.15, 0.2) is 0 Å². The molecule has 2 amide bonds. The Hall–Kier alpha value is -2.50. The summed E-state index contributed by atoms with van der Waals surface area (Å²) in [5.41, 5.74) is 8.60. The Bertz CT molecular complexity index is 622. The molecule has 2 aromatic rings. The third kappa shape index (κ3) is 2.59. The number of hydrogen-bond acceptors (Lipinski definition) is 3. The molecule has 1 aliphatic heterocycles. The highest BCUT2D eigenvalue weighted by molar-refractivity contribution is 5.76. The SMILES string of the molecule is Nc1cccc(-c2cnn(CCN3CCNC3=O)c2)c1. The summed E-state index contributed by atoms with van der Waals surface area (Å²) in [4.78, 5) is 13.2. The van der Waals surface area contributed by atoms with E-state index in [0.29, 0.717) is 13.1 Å². The number of carbonyl (C=O) groups excluding carboxylic acids is 1. The van der Waals surface area contributed by atoms with Gasteiger partial charge in [0.1, 0.15) is 0 Å². The van der Waals surface area contributed by atoms with Crippen LogP contribution in [0.3, 0.4) is 0 Å². The van der Waals surface area contributed by atoms with Gasteiger partial charge in [0.05, 0.1) is 12.7 Å². The number of urea groups is 1. The maximum absolute atomic E-state index is 11.4. The van der Waals surface area contributed by atoms with Crippen LogP contribution in [0.15, 0.2) is 36.7 Å². The number of anilines is 1. The molecule has 2 heterocycles. The molecule has 0 radical (unpaired) electrons. The van der Waals surface area contributed by atoms with Gasteiger partial charge in [0, 0.05) is 37.1 Å².